The number of piperidine rings is 1. The normalized spacial score (nSPS) is 29.7. The van der Waals surface area contributed by atoms with Gasteiger partial charge in [0, 0.05) is 12.3 Å². The number of phenols is 1. The molecule has 116 valence electrons. The Balaban J connectivity index is 0.00000161. The summed E-state index contributed by atoms with van der Waals surface area (Å²) in [6.45, 7) is 11.0. The van der Waals surface area contributed by atoms with Gasteiger partial charge in [-0.2, -0.15) is 0 Å². The average Bonchev–Trinajstić information content (AvgIpc) is 2.39. The third kappa shape index (κ3) is 2.72. The van der Waals surface area contributed by atoms with Crippen LogP contribution in [0.1, 0.15) is 37.8 Å². The molecule has 0 radical (unpaired) electrons. The first-order chi connectivity index (χ1) is 9.54. The second-order valence-corrected chi connectivity index (χ2v) is 7.02. The molecule has 0 bridgehead atoms. The summed E-state index contributed by atoms with van der Waals surface area (Å²) in [5.41, 5.74) is 3.00. The van der Waals surface area contributed by atoms with E-state index in [0.29, 0.717) is 11.8 Å². The predicted octanol–water partition coefficient (Wildman–Crippen LogP) is -0.921. The van der Waals surface area contributed by atoms with E-state index >= 15 is 0 Å². The molecule has 3 heteroatoms. The topological polar surface area (TPSA) is 24.7 Å². The van der Waals surface area contributed by atoms with Crippen LogP contribution in [0.4, 0.5) is 0 Å². The molecule has 21 heavy (non-hydrogen) atoms. The third-order valence-corrected chi connectivity index (χ3v) is 5.58. The van der Waals surface area contributed by atoms with Gasteiger partial charge >= 0.3 is 0 Å². The van der Waals surface area contributed by atoms with Gasteiger partial charge in [-0.1, -0.05) is 26.5 Å². The van der Waals surface area contributed by atoms with Crippen LogP contribution in [0.25, 0.3) is 0 Å². The van der Waals surface area contributed by atoms with E-state index in [1.807, 2.05) is 12.1 Å². The van der Waals surface area contributed by atoms with Crippen LogP contribution >= 0.6 is 0 Å². The molecule has 2 aliphatic rings. The van der Waals surface area contributed by atoms with E-state index in [1.165, 1.54) is 30.5 Å². The summed E-state index contributed by atoms with van der Waals surface area (Å²) in [5, 5.41) is 9.80. The SMILES string of the molecule is C=CC[NH+]1CCCC2C1Cc1cc(O)ccc1C2(C)C.[Cl-]. The molecule has 1 aliphatic carbocycles. The Morgan fingerprint density at radius 1 is 1.43 bits per heavy atom. The van der Waals surface area contributed by atoms with Crippen LogP contribution in [0.5, 0.6) is 5.75 Å². The van der Waals surface area contributed by atoms with Gasteiger partial charge in [0.15, 0.2) is 0 Å². The Labute approximate surface area is 134 Å². The number of fused-ring (bicyclic) bond motifs is 2. The number of benzene rings is 1. The van der Waals surface area contributed by atoms with E-state index in [-0.39, 0.29) is 17.8 Å². The van der Waals surface area contributed by atoms with E-state index in [9.17, 15) is 5.11 Å². The number of hydrogen-bond donors (Lipinski definition) is 2. The van der Waals surface area contributed by atoms with E-state index in [2.05, 4.69) is 32.6 Å². The van der Waals surface area contributed by atoms with E-state index < -0.39 is 0 Å². The van der Waals surface area contributed by atoms with Crippen molar-refractivity contribution in [3.63, 3.8) is 0 Å². The average molecular weight is 308 g/mol. The van der Waals surface area contributed by atoms with Crippen LogP contribution in [0.15, 0.2) is 30.9 Å². The number of halogens is 1. The molecule has 0 spiro atoms. The van der Waals surface area contributed by atoms with E-state index in [1.54, 1.807) is 4.90 Å². The first-order valence-electron chi connectivity index (χ1n) is 7.82. The molecule has 2 N–H and O–H groups in total. The van der Waals surface area contributed by atoms with E-state index in [0.717, 1.165) is 18.9 Å². The zero-order chi connectivity index (χ0) is 14.3. The smallest absolute Gasteiger partial charge is 0.115 e. The Bertz CT molecular complexity index is 526. The minimum Gasteiger partial charge on any atom is -1.00 e. The number of phenolic OH excluding ortho intramolecular Hbond substituents is 1. The number of quaternary nitrogens is 1. The number of nitrogens with one attached hydrogen (secondary N) is 1. The van der Waals surface area contributed by atoms with Gasteiger partial charge in [0.25, 0.3) is 0 Å². The van der Waals surface area contributed by atoms with Crippen LogP contribution in [-0.2, 0) is 11.8 Å². The van der Waals surface area contributed by atoms with Gasteiger partial charge in [-0.3, -0.25) is 0 Å². The van der Waals surface area contributed by atoms with Crippen LogP contribution in [-0.4, -0.2) is 24.2 Å². The van der Waals surface area contributed by atoms with Gasteiger partial charge in [-0.05, 0) is 47.6 Å². The maximum absolute atomic E-state index is 9.80. The maximum atomic E-state index is 9.80. The Morgan fingerprint density at radius 2 is 2.19 bits per heavy atom. The Morgan fingerprint density at radius 3 is 2.90 bits per heavy atom. The van der Waals surface area contributed by atoms with E-state index in [4.69, 9.17) is 0 Å². The van der Waals surface area contributed by atoms with Crippen LogP contribution in [0.2, 0.25) is 0 Å². The van der Waals surface area contributed by atoms with Crippen molar-refractivity contribution >= 4 is 0 Å². The van der Waals surface area contributed by atoms with Crippen molar-refractivity contribution in [2.45, 2.75) is 44.6 Å². The van der Waals surface area contributed by atoms with Gasteiger partial charge in [-0.25, -0.2) is 0 Å². The van der Waals surface area contributed by atoms with Crippen molar-refractivity contribution in [2.24, 2.45) is 5.92 Å². The second kappa shape index (κ2) is 6.02. The molecule has 0 saturated carbocycles. The minimum atomic E-state index is 0. The fraction of sp³-hybridized carbons (Fsp3) is 0.556. The Hall–Kier alpha value is -0.990. The van der Waals surface area contributed by atoms with Crippen molar-refractivity contribution in [1.82, 2.24) is 0 Å². The number of rotatable bonds is 2. The van der Waals surface area contributed by atoms with Crippen molar-refractivity contribution < 1.29 is 22.4 Å². The van der Waals surface area contributed by atoms with Gasteiger partial charge in [0.05, 0.1) is 19.1 Å². The third-order valence-electron chi connectivity index (χ3n) is 5.58. The molecule has 3 atom stereocenters. The highest BCUT2D eigenvalue weighted by molar-refractivity contribution is 5.42. The van der Waals surface area contributed by atoms with Gasteiger partial charge < -0.3 is 22.4 Å². The zero-order valence-electron chi connectivity index (χ0n) is 13.0. The van der Waals surface area contributed by atoms with Gasteiger partial charge in [0.2, 0.25) is 0 Å². The van der Waals surface area contributed by atoms with Crippen molar-refractivity contribution in [3.05, 3.63) is 42.0 Å². The fourth-order valence-electron chi connectivity index (χ4n) is 4.62. The minimum absolute atomic E-state index is 0. The van der Waals surface area contributed by atoms with Crippen molar-refractivity contribution in [1.29, 1.82) is 0 Å². The molecule has 2 nitrogen and oxygen atoms in total. The first-order valence-corrected chi connectivity index (χ1v) is 7.82. The number of likely N-dealkylation sites (tertiary alicyclic amines) is 1. The van der Waals surface area contributed by atoms with Crippen LogP contribution in [0, 0.1) is 5.92 Å². The number of aromatic hydroxyl groups is 1. The van der Waals surface area contributed by atoms with Crippen molar-refractivity contribution in [3.8, 4) is 5.75 Å². The summed E-state index contributed by atoms with van der Waals surface area (Å²) in [7, 11) is 0. The lowest BCUT2D eigenvalue weighted by atomic mass is 9.60. The molecule has 3 rings (SSSR count). The molecule has 0 amide bonds. The lowest BCUT2D eigenvalue weighted by molar-refractivity contribution is -0.930. The molecule has 1 saturated heterocycles. The largest absolute Gasteiger partial charge is 1.00 e. The summed E-state index contributed by atoms with van der Waals surface area (Å²) >= 11 is 0. The molecule has 1 fully saturated rings. The van der Waals surface area contributed by atoms with Gasteiger partial charge in [0.1, 0.15) is 5.75 Å². The lowest BCUT2D eigenvalue weighted by Gasteiger charge is -2.49. The lowest BCUT2D eigenvalue weighted by Crippen LogP contribution is -3.18. The summed E-state index contributed by atoms with van der Waals surface area (Å²) in [5.74, 6) is 1.14. The molecular formula is C18H26ClNO. The quantitative estimate of drug-likeness (QED) is 0.679. The molecule has 1 heterocycles. The fourth-order valence-corrected chi connectivity index (χ4v) is 4.62. The highest BCUT2D eigenvalue weighted by atomic mass is 35.5. The second-order valence-electron chi connectivity index (χ2n) is 7.02. The van der Waals surface area contributed by atoms with Crippen LogP contribution in [0.3, 0.4) is 0 Å². The maximum Gasteiger partial charge on any atom is 0.115 e. The van der Waals surface area contributed by atoms with Crippen molar-refractivity contribution in [2.75, 3.05) is 13.1 Å². The molecule has 1 aromatic rings. The summed E-state index contributed by atoms with van der Waals surface area (Å²) in [6.07, 6.45) is 5.81. The standard InChI is InChI=1S/C18H25NO.ClH/c1-4-9-19-10-5-6-16-17(19)12-13-11-14(20)7-8-15(13)18(16,2)3;/h4,7-8,11,16-17,20H,1,5-6,9-10,12H2,2-3H3;1H. The molecule has 0 aromatic heterocycles. The monoisotopic (exact) mass is 307 g/mol. The van der Waals surface area contributed by atoms with Crippen LogP contribution < -0.4 is 17.3 Å². The molecule has 1 aromatic carbocycles. The molecular weight excluding hydrogens is 282 g/mol. The van der Waals surface area contributed by atoms with Gasteiger partial charge in [-0.15, -0.1) is 0 Å². The number of hydrogen-bond acceptors (Lipinski definition) is 1. The molecule has 3 unspecified atom stereocenters. The molecule has 1 aliphatic heterocycles. The zero-order valence-corrected chi connectivity index (χ0v) is 13.8. The summed E-state index contributed by atoms with van der Waals surface area (Å²) in [4.78, 5) is 1.68. The highest BCUT2D eigenvalue weighted by Gasteiger charge is 2.48. The summed E-state index contributed by atoms with van der Waals surface area (Å²) in [6, 6.07) is 6.64. The first kappa shape index (κ1) is 16.4. The summed E-state index contributed by atoms with van der Waals surface area (Å²) < 4.78 is 0. The highest BCUT2D eigenvalue weighted by Crippen LogP contribution is 2.44. The Kier molecular flexibility index (Phi) is 4.69. The predicted molar refractivity (Wildman–Crippen MR) is 82.2 cm³/mol.